The molecule has 0 aliphatic heterocycles. The van der Waals surface area contributed by atoms with Crippen LogP contribution in [0.5, 0.6) is 0 Å². The average Bonchev–Trinajstić information content (AvgIpc) is 2.76. The summed E-state index contributed by atoms with van der Waals surface area (Å²) in [5, 5.41) is 0. The van der Waals surface area contributed by atoms with Crippen LogP contribution in [0.2, 0.25) is 0 Å². The van der Waals surface area contributed by atoms with Gasteiger partial charge in [0, 0.05) is 36.6 Å². The van der Waals surface area contributed by atoms with Crippen molar-refractivity contribution in [3.05, 3.63) is 42.1 Å². The van der Waals surface area contributed by atoms with Gasteiger partial charge in [-0.2, -0.15) is 0 Å². The van der Waals surface area contributed by atoms with Gasteiger partial charge in [0.15, 0.2) is 0 Å². The van der Waals surface area contributed by atoms with E-state index in [0.29, 0.717) is 0 Å². The molecule has 2 rings (SSSR count). The van der Waals surface area contributed by atoms with Gasteiger partial charge in [0.2, 0.25) is 0 Å². The second-order valence-corrected chi connectivity index (χ2v) is 3.77. The summed E-state index contributed by atoms with van der Waals surface area (Å²) in [6, 6.07) is 3.88. The van der Waals surface area contributed by atoms with Crippen molar-refractivity contribution in [1.29, 1.82) is 0 Å². The molecule has 0 fully saturated rings. The van der Waals surface area contributed by atoms with E-state index in [1.165, 1.54) is 0 Å². The fourth-order valence-corrected chi connectivity index (χ4v) is 1.75. The quantitative estimate of drug-likeness (QED) is 0.851. The molecular weight excluding hydrogens is 200 g/mol. The number of rotatable bonds is 3. The highest BCUT2D eigenvalue weighted by Gasteiger charge is 2.11. The van der Waals surface area contributed by atoms with Crippen LogP contribution in [0.3, 0.4) is 0 Å². The minimum absolute atomic E-state index is 0.0317. The molecule has 2 heterocycles. The predicted octanol–water partition coefficient (Wildman–Crippen LogP) is 1.85. The number of hydrogen-bond donors (Lipinski definition) is 1. The van der Waals surface area contributed by atoms with Crippen molar-refractivity contribution in [2.24, 2.45) is 5.73 Å². The van der Waals surface area contributed by atoms with Crippen molar-refractivity contribution in [3.8, 4) is 5.82 Å². The molecule has 1 atom stereocenters. The van der Waals surface area contributed by atoms with E-state index in [1.54, 1.807) is 12.4 Å². The summed E-state index contributed by atoms with van der Waals surface area (Å²) in [7, 11) is 0. The van der Waals surface area contributed by atoms with Crippen molar-refractivity contribution in [1.82, 2.24) is 14.5 Å². The molecule has 4 heteroatoms. The first-order valence-corrected chi connectivity index (χ1v) is 5.47. The van der Waals surface area contributed by atoms with Crippen LogP contribution in [0.25, 0.3) is 5.82 Å². The third-order valence-corrected chi connectivity index (χ3v) is 2.57. The molecule has 0 amide bonds. The smallest absolute Gasteiger partial charge is 0.142 e. The molecular formula is C12H16N4. The molecule has 2 aromatic heterocycles. The molecule has 2 N–H and O–H groups in total. The first kappa shape index (κ1) is 10.8. The van der Waals surface area contributed by atoms with Crippen LogP contribution in [0.4, 0.5) is 0 Å². The lowest BCUT2D eigenvalue weighted by molar-refractivity contribution is 0.776. The molecule has 0 unspecified atom stereocenters. The zero-order valence-electron chi connectivity index (χ0n) is 9.59. The highest BCUT2D eigenvalue weighted by Crippen LogP contribution is 2.18. The maximum atomic E-state index is 5.94. The normalized spacial score (nSPS) is 12.7. The van der Waals surface area contributed by atoms with Crippen molar-refractivity contribution >= 4 is 0 Å². The average molecular weight is 216 g/mol. The molecule has 0 aromatic carbocycles. The second kappa shape index (κ2) is 4.45. The van der Waals surface area contributed by atoms with E-state index in [2.05, 4.69) is 16.9 Å². The van der Waals surface area contributed by atoms with Crippen LogP contribution in [0, 0.1) is 0 Å². The van der Waals surface area contributed by atoms with Gasteiger partial charge >= 0.3 is 0 Å². The maximum Gasteiger partial charge on any atom is 0.142 e. The summed E-state index contributed by atoms with van der Waals surface area (Å²) in [6.07, 6.45) is 6.37. The van der Waals surface area contributed by atoms with Gasteiger partial charge in [0.25, 0.3) is 0 Å². The number of aromatic nitrogens is 3. The Morgan fingerprint density at radius 2 is 2.19 bits per heavy atom. The fraction of sp³-hybridized carbons (Fsp3) is 0.333. The van der Waals surface area contributed by atoms with Crippen LogP contribution in [0.15, 0.2) is 30.7 Å². The zero-order chi connectivity index (χ0) is 11.5. The minimum Gasteiger partial charge on any atom is -0.324 e. The molecule has 4 nitrogen and oxygen atoms in total. The SMILES string of the molecule is CCc1nccn1-c1ncccc1[C@H](C)N. The van der Waals surface area contributed by atoms with E-state index in [9.17, 15) is 0 Å². The van der Waals surface area contributed by atoms with Gasteiger partial charge in [0.05, 0.1) is 0 Å². The number of nitrogens with zero attached hydrogens (tertiary/aromatic N) is 3. The Kier molecular flexibility index (Phi) is 3.01. The third kappa shape index (κ3) is 1.84. The third-order valence-electron chi connectivity index (χ3n) is 2.57. The van der Waals surface area contributed by atoms with E-state index in [4.69, 9.17) is 5.73 Å². The Morgan fingerprint density at radius 1 is 1.38 bits per heavy atom. The van der Waals surface area contributed by atoms with Crippen LogP contribution >= 0.6 is 0 Å². The molecule has 0 radical (unpaired) electrons. The Bertz CT molecular complexity index is 473. The van der Waals surface area contributed by atoms with Gasteiger partial charge in [-0.1, -0.05) is 13.0 Å². The Hall–Kier alpha value is -1.68. The lowest BCUT2D eigenvalue weighted by Gasteiger charge is -2.13. The van der Waals surface area contributed by atoms with E-state index in [-0.39, 0.29) is 6.04 Å². The largest absolute Gasteiger partial charge is 0.324 e. The summed E-state index contributed by atoms with van der Waals surface area (Å²) in [5.74, 6) is 1.88. The van der Waals surface area contributed by atoms with Gasteiger partial charge < -0.3 is 5.73 Å². The summed E-state index contributed by atoms with van der Waals surface area (Å²) < 4.78 is 2.00. The van der Waals surface area contributed by atoms with Crippen LogP contribution in [-0.2, 0) is 6.42 Å². The lowest BCUT2D eigenvalue weighted by Crippen LogP contribution is -2.12. The summed E-state index contributed by atoms with van der Waals surface area (Å²) in [6.45, 7) is 4.04. The van der Waals surface area contributed by atoms with E-state index in [1.807, 2.05) is 29.8 Å². The van der Waals surface area contributed by atoms with Crippen LogP contribution in [-0.4, -0.2) is 14.5 Å². The molecule has 0 saturated carbocycles. The topological polar surface area (TPSA) is 56.7 Å². The van der Waals surface area contributed by atoms with Crippen molar-refractivity contribution in [3.63, 3.8) is 0 Å². The minimum atomic E-state index is -0.0317. The molecule has 0 aliphatic carbocycles. The summed E-state index contributed by atoms with van der Waals surface area (Å²) in [4.78, 5) is 8.69. The lowest BCUT2D eigenvalue weighted by atomic mass is 10.1. The molecule has 84 valence electrons. The number of hydrogen-bond acceptors (Lipinski definition) is 3. The van der Waals surface area contributed by atoms with E-state index in [0.717, 1.165) is 23.6 Å². The van der Waals surface area contributed by atoms with Gasteiger partial charge in [-0.3, -0.25) is 4.57 Å². The molecule has 16 heavy (non-hydrogen) atoms. The standard InChI is InChI=1S/C12H16N4/c1-3-11-14-7-8-16(11)12-10(9(2)13)5-4-6-15-12/h4-9H,3,13H2,1-2H3/t9-/m0/s1. The molecule has 0 aliphatic rings. The second-order valence-electron chi connectivity index (χ2n) is 3.77. The molecule has 0 bridgehead atoms. The first-order valence-electron chi connectivity index (χ1n) is 5.47. The predicted molar refractivity (Wildman–Crippen MR) is 63.3 cm³/mol. The molecule has 2 aromatic rings. The summed E-state index contributed by atoms with van der Waals surface area (Å²) in [5.41, 5.74) is 6.98. The maximum absolute atomic E-state index is 5.94. The number of imidazole rings is 1. The Balaban J connectivity index is 2.55. The molecule has 0 saturated heterocycles. The van der Waals surface area contributed by atoms with Crippen molar-refractivity contribution < 1.29 is 0 Å². The van der Waals surface area contributed by atoms with E-state index < -0.39 is 0 Å². The fourth-order valence-electron chi connectivity index (χ4n) is 1.75. The van der Waals surface area contributed by atoms with Crippen LogP contribution < -0.4 is 5.73 Å². The number of pyridine rings is 1. The molecule has 0 spiro atoms. The zero-order valence-corrected chi connectivity index (χ0v) is 9.59. The van der Waals surface area contributed by atoms with Gasteiger partial charge in [-0.05, 0) is 13.0 Å². The van der Waals surface area contributed by atoms with Crippen molar-refractivity contribution in [2.45, 2.75) is 26.3 Å². The monoisotopic (exact) mass is 216 g/mol. The van der Waals surface area contributed by atoms with E-state index >= 15 is 0 Å². The Labute approximate surface area is 95.1 Å². The number of nitrogens with two attached hydrogens (primary N) is 1. The highest BCUT2D eigenvalue weighted by molar-refractivity contribution is 5.36. The number of aryl methyl sites for hydroxylation is 1. The van der Waals surface area contributed by atoms with Crippen LogP contribution in [0.1, 0.15) is 31.3 Å². The first-order chi connectivity index (χ1) is 7.74. The highest BCUT2D eigenvalue weighted by atomic mass is 15.1. The van der Waals surface area contributed by atoms with Crippen molar-refractivity contribution in [2.75, 3.05) is 0 Å². The van der Waals surface area contributed by atoms with Gasteiger partial charge in [-0.25, -0.2) is 9.97 Å². The van der Waals surface area contributed by atoms with Gasteiger partial charge in [0.1, 0.15) is 11.6 Å². The summed E-state index contributed by atoms with van der Waals surface area (Å²) >= 11 is 0. The Morgan fingerprint density at radius 3 is 2.88 bits per heavy atom. The van der Waals surface area contributed by atoms with Gasteiger partial charge in [-0.15, -0.1) is 0 Å².